The average molecular weight is 600 g/mol. The molecule has 43 heavy (non-hydrogen) atoms. The second kappa shape index (κ2) is 16.7. The molecule has 0 spiro atoms. The van der Waals surface area contributed by atoms with Gasteiger partial charge in [-0.15, -0.1) is 11.6 Å². The molecule has 1 aliphatic rings. The van der Waals surface area contributed by atoms with Crippen LogP contribution in [-0.2, 0) is 6.54 Å². The number of benzene rings is 2. The average Bonchev–Trinajstić information content (AvgIpc) is 3.04. The molecule has 0 radical (unpaired) electrons. The van der Waals surface area contributed by atoms with Crippen LogP contribution >= 0.6 is 11.6 Å². The molecule has 8 nitrogen and oxygen atoms in total. The van der Waals surface area contributed by atoms with Crippen LogP contribution in [0.1, 0.15) is 47.7 Å². The lowest BCUT2D eigenvalue weighted by Crippen LogP contribution is -2.43. The molecule has 1 aliphatic heterocycles. The van der Waals surface area contributed by atoms with E-state index in [4.69, 9.17) is 11.6 Å². The zero-order chi connectivity index (χ0) is 30.4. The fraction of sp³-hybridized carbons (Fsp3) is 0.353. The van der Waals surface area contributed by atoms with Crippen molar-refractivity contribution in [2.45, 2.75) is 39.7 Å². The van der Waals surface area contributed by atoms with Gasteiger partial charge < -0.3 is 15.5 Å². The Balaban J connectivity index is 0.000000641. The molecule has 0 bridgehead atoms. The number of unbranched alkanes of at least 4 members (excludes halogenated alkanes) is 2. The van der Waals surface area contributed by atoms with E-state index in [1.807, 2.05) is 67.6 Å². The summed E-state index contributed by atoms with van der Waals surface area (Å²) in [5, 5.41) is 6.29. The number of rotatable bonds is 10. The zero-order valence-corrected chi connectivity index (χ0v) is 26.1. The van der Waals surface area contributed by atoms with Crippen LogP contribution in [0.5, 0.6) is 0 Å². The molecular weight excluding hydrogens is 558 g/mol. The topological polar surface area (TPSA) is 86.3 Å². The highest BCUT2D eigenvalue weighted by Crippen LogP contribution is 2.25. The molecule has 5 rings (SSSR count). The van der Waals surface area contributed by atoms with Crippen molar-refractivity contribution in [3.8, 4) is 11.3 Å². The number of nitrogens with zero attached hydrogens (tertiary/aromatic N) is 5. The minimum absolute atomic E-state index is 0.143. The quantitative estimate of drug-likeness (QED) is 0.150. The van der Waals surface area contributed by atoms with E-state index in [-0.39, 0.29) is 5.91 Å². The first-order valence-electron chi connectivity index (χ1n) is 14.9. The third-order valence-corrected chi connectivity index (χ3v) is 7.58. The smallest absolute Gasteiger partial charge is 0.255 e. The van der Waals surface area contributed by atoms with Crippen molar-refractivity contribution in [3.05, 3.63) is 95.9 Å². The van der Waals surface area contributed by atoms with Gasteiger partial charge in [0.25, 0.3) is 5.91 Å². The van der Waals surface area contributed by atoms with Gasteiger partial charge in [-0.25, -0.2) is 9.97 Å². The Morgan fingerprint density at radius 1 is 0.977 bits per heavy atom. The van der Waals surface area contributed by atoms with E-state index in [9.17, 15) is 4.79 Å². The van der Waals surface area contributed by atoms with Gasteiger partial charge in [0.15, 0.2) is 0 Å². The van der Waals surface area contributed by atoms with Gasteiger partial charge in [0.2, 0.25) is 5.95 Å². The van der Waals surface area contributed by atoms with Crippen LogP contribution in [-0.4, -0.2) is 69.8 Å². The number of hydrogen-bond acceptors (Lipinski definition) is 7. The second-order valence-electron chi connectivity index (χ2n) is 10.8. The third kappa shape index (κ3) is 10.1. The molecule has 0 atom stereocenters. The van der Waals surface area contributed by atoms with Crippen LogP contribution in [0.15, 0.2) is 79.3 Å². The summed E-state index contributed by atoms with van der Waals surface area (Å²) < 4.78 is 0. The molecule has 0 unspecified atom stereocenters. The van der Waals surface area contributed by atoms with Crippen LogP contribution in [0, 0.1) is 6.92 Å². The van der Waals surface area contributed by atoms with Crippen molar-refractivity contribution < 1.29 is 4.79 Å². The number of aromatic nitrogens is 3. The third-order valence-electron chi connectivity index (χ3n) is 7.31. The maximum absolute atomic E-state index is 12.9. The predicted molar refractivity (Wildman–Crippen MR) is 177 cm³/mol. The van der Waals surface area contributed by atoms with Gasteiger partial charge >= 0.3 is 0 Å². The van der Waals surface area contributed by atoms with Crippen molar-refractivity contribution in [1.82, 2.24) is 24.8 Å². The predicted octanol–water partition coefficient (Wildman–Crippen LogP) is 7.01. The Morgan fingerprint density at radius 3 is 2.44 bits per heavy atom. The fourth-order valence-corrected chi connectivity index (χ4v) is 4.81. The SMILES string of the molecule is CCCCCCl.Cc1ccc(NC(=O)c2ccc(CN3CCN(C)CC3)cc2)cc1Nc1nccc(-c2cccnc2)n1. The number of likely N-dealkylation sites (N-methyl/N-ethyl adjacent to an activating group) is 1. The van der Waals surface area contributed by atoms with Crippen LogP contribution in [0.2, 0.25) is 0 Å². The number of nitrogens with one attached hydrogen (secondary N) is 2. The standard InChI is InChI=1S/C29H31N7O.C5H11Cl/c1-21-5-10-25(18-27(21)34-29-31-13-11-26(33-29)24-4-3-12-30-19-24)32-28(37)23-8-6-22(7-9-23)20-36-16-14-35(2)15-17-36;1-2-3-4-5-6/h3-13,18-19H,14-17,20H2,1-2H3,(H,32,37)(H,31,33,34);2-5H2,1H3. The Hall–Kier alpha value is -3.85. The Morgan fingerprint density at radius 2 is 1.77 bits per heavy atom. The molecule has 0 aliphatic carbocycles. The molecular formula is C34H42ClN7O. The molecule has 2 aromatic carbocycles. The van der Waals surface area contributed by atoms with E-state index in [2.05, 4.69) is 49.4 Å². The summed E-state index contributed by atoms with van der Waals surface area (Å²) in [5.41, 5.74) is 6.08. The van der Waals surface area contributed by atoms with Gasteiger partial charge in [-0.2, -0.15) is 0 Å². The molecule has 0 saturated carbocycles. The second-order valence-corrected chi connectivity index (χ2v) is 11.2. The minimum Gasteiger partial charge on any atom is -0.324 e. The number of alkyl halides is 1. The summed E-state index contributed by atoms with van der Waals surface area (Å²) in [6.45, 7) is 9.41. The van der Waals surface area contributed by atoms with E-state index in [1.54, 1.807) is 18.6 Å². The van der Waals surface area contributed by atoms with E-state index < -0.39 is 0 Å². The van der Waals surface area contributed by atoms with E-state index in [0.29, 0.717) is 17.2 Å². The van der Waals surface area contributed by atoms with E-state index in [1.165, 1.54) is 24.8 Å². The van der Waals surface area contributed by atoms with Gasteiger partial charge in [-0.05, 0) is 74.0 Å². The minimum atomic E-state index is -0.143. The number of piperazine rings is 1. The molecule has 4 aromatic rings. The largest absolute Gasteiger partial charge is 0.324 e. The zero-order valence-electron chi connectivity index (χ0n) is 25.4. The number of aryl methyl sites for hydroxylation is 1. The van der Waals surface area contributed by atoms with Crippen molar-refractivity contribution in [2.24, 2.45) is 0 Å². The highest BCUT2D eigenvalue weighted by molar-refractivity contribution is 6.17. The monoisotopic (exact) mass is 599 g/mol. The summed E-state index contributed by atoms with van der Waals surface area (Å²) in [4.78, 5) is 30.9. The number of carbonyl (C=O) groups excluding carboxylic acids is 1. The number of anilines is 3. The lowest BCUT2D eigenvalue weighted by molar-refractivity contribution is 0.102. The molecule has 226 valence electrons. The fourth-order valence-electron chi connectivity index (χ4n) is 4.62. The first kappa shape index (κ1) is 32.1. The molecule has 1 amide bonds. The molecule has 9 heteroatoms. The number of hydrogen-bond donors (Lipinski definition) is 2. The molecule has 1 saturated heterocycles. The van der Waals surface area contributed by atoms with Crippen LogP contribution in [0.25, 0.3) is 11.3 Å². The maximum Gasteiger partial charge on any atom is 0.255 e. The summed E-state index contributed by atoms with van der Waals surface area (Å²) in [6, 6.07) is 19.3. The van der Waals surface area contributed by atoms with Gasteiger partial charge in [-0.1, -0.05) is 38.0 Å². The van der Waals surface area contributed by atoms with Crippen LogP contribution in [0.3, 0.4) is 0 Å². The lowest BCUT2D eigenvalue weighted by atomic mass is 10.1. The number of carbonyl (C=O) groups is 1. The molecule has 3 heterocycles. The van der Waals surface area contributed by atoms with Crippen molar-refractivity contribution >= 4 is 34.8 Å². The normalized spacial score (nSPS) is 13.6. The summed E-state index contributed by atoms with van der Waals surface area (Å²) in [6.07, 6.45) is 8.95. The Labute approximate surface area is 260 Å². The summed E-state index contributed by atoms with van der Waals surface area (Å²) >= 11 is 5.38. The summed E-state index contributed by atoms with van der Waals surface area (Å²) in [5.74, 6) is 1.16. The molecule has 2 aromatic heterocycles. The van der Waals surface area contributed by atoms with Gasteiger partial charge in [-0.3, -0.25) is 14.7 Å². The van der Waals surface area contributed by atoms with Crippen molar-refractivity contribution in [2.75, 3.05) is 49.7 Å². The maximum atomic E-state index is 12.9. The van der Waals surface area contributed by atoms with E-state index >= 15 is 0 Å². The number of pyridine rings is 1. The van der Waals surface area contributed by atoms with Crippen LogP contribution in [0.4, 0.5) is 17.3 Å². The highest BCUT2D eigenvalue weighted by Gasteiger charge is 2.14. The first-order chi connectivity index (χ1) is 20.9. The molecule has 2 N–H and O–H groups in total. The Kier molecular flexibility index (Phi) is 12.5. The number of halogens is 1. The van der Waals surface area contributed by atoms with E-state index in [0.717, 1.165) is 61.1 Å². The highest BCUT2D eigenvalue weighted by atomic mass is 35.5. The Bertz CT molecular complexity index is 1420. The van der Waals surface area contributed by atoms with Crippen molar-refractivity contribution in [3.63, 3.8) is 0 Å². The first-order valence-corrected chi connectivity index (χ1v) is 15.5. The lowest BCUT2D eigenvalue weighted by Gasteiger charge is -2.32. The van der Waals surface area contributed by atoms with Gasteiger partial charge in [0, 0.05) is 79.7 Å². The van der Waals surface area contributed by atoms with Crippen LogP contribution < -0.4 is 10.6 Å². The summed E-state index contributed by atoms with van der Waals surface area (Å²) in [7, 11) is 2.16. The number of amides is 1. The molecule has 1 fully saturated rings. The van der Waals surface area contributed by atoms with Gasteiger partial charge in [0.1, 0.15) is 0 Å². The van der Waals surface area contributed by atoms with Crippen molar-refractivity contribution in [1.29, 1.82) is 0 Å². The van der Waals surface area contributed by atoms with Gasteiger partial charge in [0.05, 0.1) is 5.69 Å².